The maximum absolute atomic E-state index is 13.5. The highest BCUT2D eigenvalue weighted by Crippen LogP contribution is 2.21. The summed E-state index contributed by atoms with van der Waals surface area (Å²) in [5.41, 5.74) is 7.51. The van der Waals surface area contributed by atoms with Crippen LogP contribution in [-0.2, 0) is 0 Å². The standard InChI is InChI=1S/C13H11FN4/c1-7-3-4-9(5-11(7)14)13-17-8(2)10(6-15)12(16)18-13/h3-5H,1-2H3,(H2,16,17,18). The highest BCUT2D eigenvalue weighted by Gasteiger charge is 2.11. The third kappa shape index (κ3) is 2.00. The molecule has 1 heterocycles. The molecule has 0 aliphatic heterocycles. The number of nitriles is 1. The molecule has 2 aromatic rings. The average molecular weight is 242 g/mol. The summed E-state index contributed by atoms with van der Waals surface area (Å²) < 4.78 is 13.5. The van der Waals surface area contributed by atoms with Crippen LogP contribution in [0.2, 0.25) is 0 Å². The first kappa shape index (κ1) is 12.0. The van der Waals surface area contributed by atoms with Crippen LogP contribution in [0.3, 0.4) is 0 Å². The number of aromatic nitrogens is 2. The van der Waals surface area contributed by atoms with Crippen LogP contribution in [-0.4, -0.2) is 9.97 Å². The van der Waals surface area contributed by atoms with Gasteiger partial charge in [0, 0.05) is 5.56 Å². The van der Waals surface area contributed by atoms with Crippen LogP contribution in [0.25, 0.3) is 11.4 Å². The molecule has 0 saturated carbocycles. The summed E-state index contributed by atoms with van der Waals surface area (Å²) in [7, 11) is 0. The van der Waals surface area contributed by atoms with Crippen molar-refractivity contribution in [3.8, 4) is 17.5 Å². The molecule has 90 valence electrons. The van der Waals surface area contributed by atoms with Crippen molar-refractivity contribution in [2.24, 2.45) is 0 Å². The topological polar surface area (TPSA) is 75.6 Å². The largest absolute Gasteiger partial charge is 0.382 e. The van der Waals surface area contributed by atoms with Gasteiger partial charge in [-0.2, -0.15) is 5.26 Å². The quantitative estimate of drug-likeness (QED) is 0.832. The molecule has 0 fully saturated rings. The van der Waals surface area contributed by atoms with Crippen molar-refractivity contribution in [2.75, 3.05) is 5.73 Å². The van der Waals surface area contributed by atoms with Crippen molar-refractivity contribution in [1.82, 2.24) is 9.97 Å². The number of nitrogen functional groups attached to an aromatic ring is 1. The van der Waals surface area contributed by atoms with E-state index in [4.69, 9.17) is 11.0 Å². The molecule has 2 N–H and O–H groups in total. The van der Waals surface area contributed by atoms with E-state index < -0.39 is 0 Å². The van der Waals surface area contributed by atoms with Crippen LogP contribution < -0.4 is 5.73 Å². The van der Waals surface area contributed by atoms with Crippen molar-refractivity contribution >= 4 is 5.82 Å². The van der Waals surface area contributed by atoms with Gasteiger partial charge in [-0.25, -0.2) is 14.4 Å². The number of nitrogens with two attached hydrogens (primary N) is 1. The van der Waals surface area contributed by atoms with Gasteiger partial charge < -0.3 is 5.73 Å². The van der Waals surface area contributed by atoms with E-state index in [-0.39, 0.29) is 17.2 Å². The number of benzene rings is 1. The molecule has 0 bridgehead atoms. The Balaban J connectivity index is 2.59. The smallest absolute Gasteiger partial charge is 0.161 e. The van der Waals surface area contributed by atoms with E-state index in [1.165, 1.54) is 6.07 Å². The van der Waals surface area contributed by atoms with Crippen molar-refractivity contribution < 1.29 is 4.39 Å². The third-order valence-corrected chi connectivity index (χ3v) is 2.66. The zero-order valence-electron chi connectivity index (χ0n) is 10.0. The Hall–Kier alpha value is -2.48. The Labute approximate surface area is 104 Å². The molecule has 1 aromatic carbocycles. The lowest BCUT2D eigenvalue weighted by molar-refractivity contribution is 0.619. The first-order valence-electron chi connectivity index (χ1n) is 5.33. The fourth-order valence-electron chi connectivity index (χ4n) is 1.59. The highest BCUT2D eigenvalue weighted by molar-refractivity contribution is 5.61. The van der Waals surface area contributed by atoms with Crippen LogP contribution in [0.1, 0.15) is 16.8 Å². The van der Waals surface area contributed by atoms with Crippen LogP contribution in [0, 0.1) is 31.0 Å². The van der Waals surface area contributed by atoms with E-state index in [9.17, 15) is 4.39 Å². The lowest BCUT2D eigenvalue weighted by Gasteiger charge is -2.06. The minimum Gasteiger partial charge on any atom is -0.382 e. The minimum atomic E-state index is -0.323. The first-order chi connectivity index (χ1) is 8.52. The lowest BCUT2D eigenvalue weighted by Crippen LogP contribution is -2.03. The Morgan fingerprint density at radius 2 is 2.00 bits per heavy atom. The molecular weight excluding hydrogens is 231 g/mol. The number of halogens is 1. The predicted octanol–water partition coefficient (Wildman–Crippen LogP) is 2.35. The zero-order chi connectivity index (χ0) is 13.3. The van der Waals surface area contributed by atoms with Crippen molar-refractivity contribution in [1.29, 1.82) is 5.26 Å². The van der Waals surface area contributed by atoms with Crippen molar-refractivity contribution in [3.05, 3.63) is 40.8 Å². The zero-order valence-corrected chi connectivity index (χ0v) is 10.0. The second kappa shape index (κ2) is 4.41. The number of anilines is 1. The number of nitrogens with zero attached hydrogens (tertiary/aromatic N) is 3. The van der Waals surface area contributed by atoms with Crippen molar-refractivity contribution in [2.45, 2.75) is 13.8 Å². The molecule has 18 heavy (non-hydrogen) atoms. The molecule has 2 rings (SSSR count). The number of hydrogen-bond donors (Lipinski definition) is 1. The molecule has 0 saturated heterocycles. The molecule has 0 aliphatic rings. The first-order valence-corrected chi connectivity index (χ1v) is 5.33. The molecule has 5 heteroatoms. The molecule has 0 amide bonds. The minimum absolute atomic E-state index is 0.112. The highest BCUT2D eigenvalue weighted by atomic mass is 19.1. The van der Waals surface area contributed by atoms with Gasteiger partial charge in [-0.3, -0.25) is 0 Å². The third-order valence-electron chi connectivity index (χ3n) is 2.66. The summed E-state index contributed by atoms with van der Waals surface area (Å²) >= 11 is 0. The lowest BCUT2D eigenvalue weighted by atomic mass is 10.1. The van der Waals surface area contributed by atoms with Gasteiger partial charge >= 0.3 is 0 Å². The monoisotopic (exact) mass is 242 g/mol. The fraction of sp³-hybridized carbons (Fsp3) is 0.154. The summed E-state index contributed by atoms with van der Waals surface area (Å²) in [5.74, 6) is 0.112. The number of hydrogen-bond acceptors (Lipinski definition) is 4. The van der Waals surface area contributed by atoms with Crippen LogP contribution >= 0.6 is 0 Å². The summed E-state index contributed by atoms with van der Waals surface area (Å²) in [4.78, 5) is 8.19. The van der Waals surface area contributed by atoms with Gasteiger partial charge in [-0.1, -0.05) is 12.1 Å². The molecular formula is C13H11FN4. The summed E-state index contributed by atoms with van der Waals surface area (Å²) in [5, 5.41) is 8.87. The number of aryl methyl sites for hydroxylation is 2. The normalized spacial score (nSPS) is 10.1. The maximum Gasteiger partial charge on any atom is 0.161 e. The molecule has 0 atom stereocenters. The molecule has 0 aliphatic carbocycles. The van der Waals surface area contributed by atoms with Gasteiger partial charge in [0.05, 0.1) is 5.69 Å². The predicted molar refractivity (Wildman–Crippen MR) is 66.0 cm³/mol. The van der Waals surface area contributed by atoms with Gasteiger partial charge in [0.15, 0.2) is 5.82 Å². The van der Waals surface area contributed by atoms with E-state index in [1.54, 1.807) is 26.0 Å². The maximum atomic E-state index is 13.5. The Morgan fingerprint density at radius 1 is 1.28 bits per heavy atom. The van der Waals surface area contributed by atoms with Crippen LogP contribution in [0.15, 0.2) is 18.2 Å². The molecule has 0 unspecified atom stereocenters. The molecule has 4 nitrogen and oxygen atoms in total. The Morgan fingerprint density at radius 3 is 2.56 bits per heavy atom. The number of rotatable bonds is 1. The Bertz CT molecular complexity index is 636. The SMILES string of the molecule is Cc1ccc(-c2nc(C)c(C#N)c(N)n2)cc1F. The van der Waals surface area contributed by atoms with Crippen molar-refractivity contribution in [3.63, 3.8) is 0 Å². The van der Waals surface area contributed by atoms with Gasteiger partial charge in [-0.05, 0) is 25.5 Å². The van der Waals surface area contributed by atoms with E-state index in [0.717, 1.165) is 0 Å². The molecule has 1 aromatic heterocycles. The summed E-state index contributed by atoms with van der Waals surface area (Å²) in [6.45, 7) is 3.35. The second-order valence-corrected chi connectivity index (χ2v) is 3.97. The van der Waals surface area contributed by atoms with Gasteiger partial charge in [0.25, 0.3) is 0 Å². The summed E-state index contributed by atoms with van der Waals surface area (Å²) in [6.07, 6.45) is 0. The van der Waals surface area contributed by atoms with Gasteiger partial charge in [0.2, 0.25) is 0 Å². The fourth-order valence-corrected chi connectivity index (χ4v) is 1.59. The van der Waals surface area contributed by atoms with E-state index in [1.807, 2.05) is 6.07 Å². The van der Waals surface area contributed by atoms with Crippen LogP contribution in [0.4, 0.5) is 10.2 Å². The van der Waals surface area contributed by atoms with Gasteiger partial charge in [-0.15, -0.1) is 0 Å². The van der Waals surface area contributed by atoms with Gasteiger partial charge in [0.1, 0.15) is 23.3 Å². The molecule has 0 radical (unpaired) electrons. The second-order valence-electron chi connectivity index (χ2n) is 3.97. The van der Waals surface area contributed by atoms with E-state index in [0.29, 0.717) is 22.6 Å². The molecule has 0 spiro atoms. The van der Waals surface area contributed by atoms with Crippen LogP contribution in [0.5, 0.6) is 0 Å². The summed E-state index contributed by atoms with van der Waals surface area (Å²) in [6, 6.07) is 6.67. The van der Waals surface area contributed by atoms with E-state index >= 15 is 0 Å². The average Bonchev–Trinajstić information content (AvgIpc) is 2.32. The Kier molecular flexibility index (Phi) is 2.94. The van der Waals surface area contributed by atoms with E-state index in [2.05, 4.69) is 9.97 Å².